The average molecular weight is 1030 g/mol. The summed E-state index contributed by atoms with van der Waals surface area (Å²) in [6.07, 6.45) is 13.5. The van der Waals surface area contributed by atoms with E-state index in [1.54, 1.807) is 12.2 Å². The standard InChI is InChI=1S/C49H86O18P2/c1-3-5-7-8-9-10-11-12-13-14-15-16-17-18-19-20-25-29-42(52)63-35-39-36-64-69(61,62)67-49-47(57)46(56)44(54)37(27-24-21-22-26-30-43(53)65-39)31-34-41(51)40(33-32-38(50)28-23-6-4-2)45(55)48(49)66-68(58,59)60/h21,24,31-34,37-40,44-50,54-57H,3-20,22-23,25-30,35-36H2,1-2H3,(H,61,62)(H2,58,59,60)/b24-21-,33-32+,34-31-/t37-,38-,39+,40-,44+,45+,46-,47+,48+,49-/m0/s1. The van der Waals surface area contributed by atoms with Gasteiger partial charge < -0.3 is 49.7 Å². The highest BCUT2D eigenvalue weighted by atomic mass is 31.2. The number of ether oxygens (including phenoxy) is 2. The van der Waals surface area contributed by atoms with E-state index in [4.69, 9.17) is 23.0 Å². The number of rotatable bonds is 28. The van der Waals surface area contributed by atoms with E-state index >= 15 is 0 Å². The largest absolute Gasteiger partial charge is 0.472 e. The molecular weight excluding hydrogens is 938 g/mol. The Morgan fingerprint density at radius 1 is 0.812 bits per heavy atom. The fourth-order valence-electron chi connectivity index (χ4n) is 8.34. The highest BCUT2D eigenvalue weighted by molar-refractivity contribution is 7.47. The molecule has 11 atom stereocenters. The highest BCUT2D eigenvalue weighted by Gasteiger charge is 2.50. The molecule has 0 saturated heterocycles. The molecule has 2 rings (SSSR count). The first kappa shape index (κ1) is 63.0. The topological polar surface area (TPSA) is 293 Å². The third-order valence-corrected chi connectivity index (χ3v) is 14.0. The summed E-state index contributed by atoms with van der Waals surface area (Å²) >= 11 is 0. The maximum Gasteiger partial charge on any atom is 0.472 e. The number of carbonyl (C=O) groups excluding carboxylic acids is 3. The Bertz CT molecular complexity index is 1620. The minimum absolute atomic E-state index is 0.0674. The van der Waals surface area contributed by atoms with E-state index in [-0.39, 0.29) is 32.1 Å². The van der Waals surface area contributed by atoms with Crippen LogP contribution < -0.4 is 0 Å². The van der Waals surface area contributed by atoms with Gasteiger partial charge in [-0.1, -0.05) is 166 Å². The van der Waals surface area contributed by atoms with Gasteiger partial charge in [0.05, 0.1) is 30.8 Å². The molecule has 0 aromatic heterocycles. The normalized spacial score (nSPS) is 29.5. The van der Waals surface area contributed by atoms with Crippen LogP contribution >= 0.6 is 15.6 Å². The summed E-state index contributed by atoms with van der Waals surface area (Å²) < 4.78 is 52.1. The van der Waals surface area contributed by atoms with Crippen LogP contribution in [0.3, 0.4) is 0 Å². The van der Waals surface area contributed by atoms with E-state index in [1.165, 1.54) is 89.2 Å². The second-order valence-corrected chi connectivity index (χ2v) is 21.2. The van der Waals surface area contributed by atoms with Crippen LogP contribution in [-0.4, -0.2) is 120 Å². The molecule has 0 radical (unpaired) electrons. The van der Waals surface area contributed by atoms with Crippen LogP contribution in [0, 0.1) is 11.8 Å². The van der Waals surface area contributed by atoms with Gasteiger partial charge in [0.25, 0.3) is 0 Å². The van der Waals surface area contributed by atoms with Gasteiger partial charge >= 0.3 is 27.6 Å². The fourth-order valence-corrected chi connectivity index (χ4v) is 9.87. The lowest BCUT2D eigenvalue weighted by atomic mass is 9.87. The number of aliphatic hydroxyl groups is 5. The number of phosphoric acid groups is 2. The third-order valence-electron chi connectivity index (χ3n) is 12.5. The Balaban J connectivity index is 2.19. The number of aliphatic hydroxyl groups excluding tert-OH is 5. The SMILES string of the molecule is CCCCCCCCCCCCCCCCCCCC(=O)OC[C@@H]1COP(=O)(O)O[C@H]2[C@H](O)[C@@H](O)[C@H](O)[C@H](/C=C\C(=O)[C@H](/C=C/[C@@H](O)CCCCC)[C@@H](O)[C@H]2OP(=O)(O)O)C/C=C\CCCC(=O)O1. The Morgan fingerprint density at radius 2 is 1.38 bits per heavy atom. The van der Waals surface area contributed by atoms with E-state index in [1.807, 2.05) is 6.92 Å². The first-order valence-electron chi connectivity index (χ1n) is 25.6. The van der Waals surface area contributed by atoms with Crippen molar-refractivity contribution in [2.75, 3.05) is 13.2 Å². The van der Waals surface area contributed by atoms with E-state index in [0.29, 0.717) is 19.3 Å². The molecule has 1 heterocycles. The van der Waals surface area contributed by atoms with E-state index < -0.39 is 107 Å². The maximum atomic E-state index is 13.8. The minimum atomic E-state index is -5.75. The Morgan fingerprint density at radius 3 is 1.96 bits per heavy atom. The zero-order valence-electron chi connectivity index (χ0n) is 41.1. The number of allylic oxidation sites excluding steroid dienone is 3. The van der Waals surface area contributed by atoms with Gasteiger partial charge in [-0.05, 0) is 38.2 Å². The molecule has 2 bridgehead atoms. The molecule has 0 spiro atoms. The lowest BCUT2D eigenvalue weighted by molar-refractivity contribution is -0.163. The van der Waals surface area contributed by atoms with Gasteiger partial charge in [-0.15, -0.1) is 0 Å². The molecule has 0 saturated carbocycles. The highest BCUT2D eigenvalue weighted by Crippen LogP contribution is 2.49. The number of unbranched alkanes of at least 4 members (excludes halogenated alkanes) is 18. The zero-order valence-corrected chi connectivity index (χ0v) is 42.9. The van der Waals surface area contributed by atoms with Gasteiger partial charge in [0.2, 0.25) is 0 Å². The molecule has 18 nitrogen and oxygen atoms in total. The average Bonchev–Trinajstić information content (AvgIpc) is 3.30. The van der Waals surface area contributed by atoms with E-state index in [9.17, 15) is 63.7 Å². The van der Waals surface area contributed by atoms with Crippen LogP contribution in [0.25, 0.3) is 0 Å². The number of cyclic esters (lactones) is 1. The van der Waals surface area contributed by atoms with Gasteiger partial charge in [-0.3, -0.25) is 28.0 Å². The monoisotopic (exact) mass is 1020 g/mol. The molecule has 1 aliphatic carbocycles. The molecule has 1 unspecified atom stereocenters. The van der Waals surface area contributed by atoms with Crippen molar-refractivity contribution in [3.8, 4) is 0 Å². The van der Waals surface area contributed by atoms with Crippen LogP contribution in [0.5, 0.6) is 0 Å². The van der Waals surface area contributed by atoms with Crippen molar-refractivity contribution < 1.29 is 86.8 Å². The quantitative estimate of drug-likeness (QED) is 0.0160. The van der Waals surface area contributed by atoms with Gasteiger partial charge in [0.1, 0.15) is 31.0 Å². The Labute approximate surface area is 410 Å². The van der Waals surface area contributed by atoms with Crippen molar-refractivity contribution in [2.45, 2.75) is 230 Å². The summed E-state index contributed by atoms with van der Waals surface area (Å²) in [5.74, 6) is -5.26. The second-order valence-electron chi connectivity index (χ2n) is 18.6. The molecule has 400 valence electrons. The van der Waals surface area contributed by atoms with Crippen molar-refractivity contribution in [2.24, 2.45) is 11.8 Å². The van der Waals surface area contributed by atoms with Crippen molar-refractivity contribution in [3.63, 3.8) is 0 Å². The Kier molecular flexibility index (Phi) is 32.7. The van der Waals surface area contributed by atoms with Crippen molar-refractivity contribution in [1.82, 2.24) is 0 Å². The van der Waals surface area contributed by atoms with Crippen LogP contribution in [0.15, 0.2) is 36.5 Å². The summed E-state index contributed by atoms with van der Waals surface area (Å²) in [7, 11) is -11.4. The molecule has 8 N–H and O–H groups in total. The third kappa shape index (κ3) is 28.0. The fraction of sp³-hybridized carbons (Fsp3) is 0.816. The van der Waals surface area contributed by atoms with Gasteiger partial charge in [0, 0.05) is 18.8 Å². The van der Waals surface area contributed by atoms with Crippen LogP contribution in [0.4, 0.5) is 0 Å². The zero-order chi connectivity index (χ0) is 51.1. The molecule has 20 heteroatoms. The lowest BCUT2D eigenvalue weighted by Gasteiger charge is -2.38. The molecule has 1 aliphatic heterocycles. The van der Waals surface area contributed by atoms with Crippen LogP contribution in [-0.2, 0) is 46.6 Å². The lowest BCUT2D eigenvalue weighted by Crippen LogP contribution is -2.56. The minimum Gasteiger partial charge on any atom is -0.462 e. The number of esters is 2. The van der Waals surface area contributed by atoms with Gasteiger partial charge in [-0.2, -0.15) is 0 Å². The van der Waals surface area contributed by atoms with Crippen molar-refractivity contribution in [3.05, 3.63) is 36.5 Å². The van der Waals surface area contributed by atoms with Crippen molar-refractivity contribution >= 4 is 33.4 Å². The molecule has 69 heavy (non-hydrogen) atoms. The molecule has 2 aliphatic rings. The van der Waals surface area contributed by atoms with Crippen molar-refractivity contribution in [1.29, 1.82) is 0 Å². The summed E-state index contributed by atoms with van der Waals surface area (Å²) in [6, 6.07) is 0. The first-order chi connectivity index (χ1) is 32.9. The molecule has 0 aromatic rings. The number of fused-ring (bicyclic) bond motifs is 4. The molecule has 0 amide bonds. The smallest absolute Gasteiger partial charge is 0.462 e. The Hall–Kier alpha value is -2.15. The van der Waals surface area contributed by atoms with Crippen LogP contribution in [0.1, 0.15) is 181 Å². The number of phosphoric ester groups is 2. The summed E-state index contributed by atoms with van der Waals surface area (Å²) in [6.45, 7) is 2.63. The molecule has 0 fully saturated rings. The van der Waals surface area contributed by atoms with E-state index in [2.05, 4.69) is 6.92 Å². The summed E-state index contributed by atoms with van der Waals surface area (Å²) in [5.41, 5.74) is 0. The number of hydrogen-bond acceptors (Lipinski definition) is 15. The number of ketones is 1. The maximum absolute atomic E-state index is 13.8. The number of carbonyl (C=O) groups is 3. The predicted molar refractivity (Wildman–Crippen MR) is 259 cm³/mol. The molecular formula is C49H86O18P2. The van der Waals surface area contributed by atoms with Gasteiger partial charge in [-0.25, -0.2) is 9.13 Å². The number of hydrogen-bond donors (Lipinski definition) is 8. The summed E-state index contributed by atoms with van der Waals surface area (Å²) in [4.78, 5) is 70.4. The molecule has 0 aromatic carbocycles. The second kappa shape index (κ2) is 35.9. The van der Waals surface area contributed by atoms with Gasteiger partial charge in [0.15, 0.2) is 11.9 Å². The van der Waals surface area contributed by atoms with Crippen LogP contribution in [0.2, 0.25) is 0 Å². The predicted octanol–water partition coefficient (Wildman–Crippen LogP) is 7.91. The first-order valence-corrected chi connectivity index (χ1v) is 28.6. The summed E-state index contributed by atoms with van der Waals surface area (Å²) in [5, 5.41) is 56.5. The van der Waals surface area contributed by atoms with E-state index in [0.717, 1.165) is 50.7 Å².